The van der Waals surface area contributed by atoms with Gasteiger partial charge in [0.15, 0.2) is 0 Å². The summed E-state index contributed by atoms with van der Waals surface area (Å²) in [6.45, 7) is 8.78. The molecule has 8 atom stereocenters. The molecular weight excluding hydrogens is 684 g/mol. The van der Waals surface area contributed by atoms with Crippen LogP contribution in [0, 0.1) is 29.1 Å². The molecule has 5 N–H and O–H groups in total. The fraction of sp³-hybridized carbons (Fsp3) is 0.500. The zero-order valence-electron chi connectivity index (χ0n) is 32.7. The van der Waals surface area contributed by atoms with Gasteiger partial charge in [-0.3, -0.25) is 14.4 Å². The van der Waals surface area contributed by atoms with E-state index in [4.69, 9.17) is 9.57 Å². The van der Waals surface area contributed by atoms with Crippen molar-refractivity contribution in [3.05, 3.63) is 77.9 Å². The highest BCUT2D eigenvalue weighted by Crippen LogP contribution is 2.61. The van der Waals surface area contributed by atoms with E-state index < -0.39 is 30.2 Å². The van der Waals surface area contributed by atoms with Gasteiger partial charge in [0.2, 0.25) is 5.91 Å². The predicted molar refractivity (Wildman–Crippen MR) is 210 cm³/mol. The number of carbonyl (C=O) groups is 3. The fourth-order valence-corrected chi connectivity index (χ4v) is 9.04. The maximum Gasteiger partial charge on any atom is 0.319 e. The second-order valence-electron chi connectivity index (χ2n) is 16.0. The number of nitrogens with zero attached hydrogens (tertiary/aromatic N) is 2. The van der Waals surface area contributed by atoms with E-state index in [0.29, 0.717) is 34.8 Å². The van der Waals surface area contributed by atoms with Crippen LogP contribution in [0.25, 0.3) is 11.1 Å². The number of benzene rings is 3. The third-order valence-electron chi connectivity index (χ3n) is 12.2. The number of carbonyl (C=O) groups excluding carboxylic acids is 3. The number of methoxy groups -OCH3 is 1. The Morgan fingerprint density at radius 1 is 1.06 bits per heavy atom. The Kier molecular flexibility index (Phi) is 11.6. The molecule has 0 aromatic heterocycles. The summed E-state index contributed by atoms with van der Waals surface area (Å²) in [7, 11) is 7.04. The van der Waals surface area contributed by atoms with E-state index in [1.54, 1.807) is 38.3 Å². The summed E-state index contributed by atoms with van der Waals surface area (Å²) in [5.74, 6) is 0.887. The van der Waals surface area contributed by atoms with E-state index >= 15 is 0 Å². The summed E-state index contributed by atoms with van der Waals surface area (Å²) in [4.78, 5) is 48.8. The number of aliphatic hydroxyl groups excluding tert-OH is 1. The number of hydroxylamine groups is 2. The number of ether oxygens (including phenoxy) is 1. The lowest BCUT2D eigenvalue weighted by Gasteiger charge is -2.62. The molecule has 4 amide bonds. The SMILES string of the molecule is CNC(=O)c1cc(-c2cccc(CN3O[C@@H](CNC(=O)Nc4ccccc4)[C@@H]([C@H](C)O)[C@H]3C(=O)N[C@H]3C[C@H]4C[C@H]([C@@H]3C)C4(C)C)c2OC)cc(N(C)C)c1. The van der Waals surface area contributed by atoms with Gasteiger partial charge in [-0.15, -0.1) is 0 Å². The molecule has 1 saturated heterocycles. The second-order valence-corrected chi connectivity index (χ2v) is 16.0. The first-order valence-corrected chi connectivity index (χ1v) is 19.0. The molecule has 4 aliphatic rings. The van der Waals surface area contributed by atoms with Crippen LogP contribution in [0.1, 0.15) is 56.5 Å². The minimum absolute atomic E-state index is 0.0101. The Hall–Kier alpha value is -4.65. The van der Waals surface area contributed by atoms with E-state index in [1.807, 2.05) is 73.6 Å². The molecule has 3 aromatic rings. The number of rotatable bonds is 12. The molecule has 4 fully saturated rings. The van der Waals surface area contributed by atoms with Gasteiger partial charge in [-0.25, -0.2) is 4.79 Å². The number of fused-ring (bicyclic) bond motifs is 2. The zero-order chi connectivity index (χ0) is 38.9. The number of anilines is 2. The molecular formula is C42H56N6O6. The number of urea groups is 1. The highest BCUT2D eigenvalue weighted by Gasteiger charge is 2.57. The molecule has 12 nitrogen and oxygen atoms in total. The van der Waals surface area contributed by atoms with Gasteiger partial charge < -0.3 is 36.0 Å². The lowest BCUT2D eigenvalue weighted by molar-refractivity contribution is -0.176. The molecule has 1 aliphatic heterocycles. The molecule has 0 spiro atoms. The highest BCUT2D eigenvalue weighted by molar-refractivity contribution is 5.97. The number of hydrogen-bond acceptors (Lipinski definition) is 8. The molecule has 1 heterocycles. The minimum atomic E-state index is -0.934. The summed E-state index contributed by atoms with van der Waals surface area (Å²) < 4.78 is 6.06. The normalized spacial score (nSPS) is 26.2. The van der Waals surface area contributed by atoms with Crippen LogP contribution in [-0.4, -0.2) is 87.1 Å². The molecule has 54 heavy (non-hydrogen) atoms. The van der Waals surface area contributed by atoms with Crippen molar-refractivity contribution in [3.63, 3.8) is 0 Å². The van der Waals surface area contributed by atoms with Crippen LogP contribution in [0.2, 0.25) is 0 Å². The van der Waals surface area contributed by atoms with Gasteiger partial charge in [-0.2, -0.15) is 5.06 Å². The van der Waals surface area contributed by atoms with E-state index in [9.17, 15) is 19.5 Å². The number of aliphatic hydroxyl groups is 1. The largest absolute Gasteiger partial charge is 0.496 e. The highest BCUT2D eigenvalue weighted by atomic mass is 16.7. The van der Waals surface area contributed by atoms with Gasteiger partial charge in [0.05, 0.1) is 19.8 Å². The van der Waals surface area contributed by atoms with Crippen LogP contribution in [-0.2, 0) is 16.2 Å². The first-order chi connectivity index (χ1) is 25.7. The molecule has 3 aromatic carbocycles. The van der Waals surface area contributed by atoms with Crippen molar-refractivity contribution in [2.75, 3.05) is 45.0 Å². The van der Waals surface area contributed by atoms with Crippen LogP contribution in [0.5, 0.6) is 5.75 Å². The molecule has 12 heteroatoms. The standard InChI is InChI=1S/C42H56N6O6/c1-24-33-20-29(42(33,3)4)21-34(24)46-40(51)37-36(25(2)49)35(22-44-41(52)45-30-14-10-9-11-15-30)54-48(37)23-26-13-12-16-32(38(26)53-8)27-17-28(39(50)43-5)19-31(18-27)47(6)7/h9-19,24-25,29,33-37,49H,20-23H2,1-8H3,(H,43,50)(H,46,51)(H2,44,45,52)/t24-,25-,29+,33+,34-,35-,36+,37-/m0/s1. The van der Waals surface area contributed by atoms with Gasteiger partial charge >= 0.3 is 6.03 Å². The van der Waals surface area contributed by atoms with Crippen molar-refractivity contribution < 1.29 is 29.1 Å². The molecule has 7 rings (SSSR count). The summed E-state index contributed by atoms with van der Waals surface area (Å²) >= 11 is 0. The Labute approximate surface area is 318 Å². The van der Waals surface area contributed by atoms with E-state index in [-0.39, 0.29) is 36.4 Å². The van der Waals surface area contributed by atoms with E-state index in [1.165, 1.54) is 6.42 Å². The lowest BCUT2D eigenvalue weighted by Crippen LogP contribution is -2.62. The molecule has 3 saturated carbocycles. The van der Waals surface area contributed by atoms with Crippen molar-refractivity contribution in [1.82, 2.24) is 21.0 Å². The zero-order valence-corrected chi connectivity index (χ0v) is 32.7. The summed E-state index contributed by atoms with van der Waals surface area (Å²) in [5, 5.41) is 24.7. The van der Waals surface area contributed by atoms with Gasteiger partial charge in [-0.05, 0) is 78.8 Å². The summed E-state index contributed by atoms with van der Waals surface area (Å²) in [6, 6.07) is 19.3. The van der Waals surface area contributed by atoms with Crippen molar-refractivity contribution >= 4 is 29.2 Å². The van der Waals surface area contributed by atoms with Gasteiger partial charge in [-0.1, -0.05) is 57.2 Å². The maximum absolute atomic E-state index is 14.5. The molecule has 0 unspecified atom stereocenters. The number of para-hydroxylation sites is 2. The van der Waals surface area contributed by atoms with E-state index in [2.05, 4.69) is 42.0 Å². The summed E-state index contributed by atoms with van der Waals surface area (Å²) in [5.41, 5.74) is 4.57. The third kappa shape index (κ3) is 7.78. The summed E-state index contributed by atoms with van der Waals surface area (Å²) in [6.07, 6.45) is 0.454. The van der Waals surface area contributed by atoms with Crippen LogP contribution < -0.4 is 30.9 Å². The Morgan fingerprint density at radius 3 is 2.43 bits per heavy atom. The van der Waals surface area contributed by atoms with Gasteiger partial charge in [0, 0.05) is 67.7 Å². The smallest absolute Gasteiger partial charge is 0.319 e. The van der Waals surface area contributed by atoms with Crippen LogP contribution >= 0.6 is 0 Å². The topological polar surface area (TPSA) is 145 Å². The maximum atomic E-state index is 14.5. The van der Waals surface area contributed by atoms with Gasteiger partial charge in [0.1, 0.15) is 17.9 Å². The van der Waals surface area contributed by atoms with Crippen molar-refractivity contribution in [1.29, 1.82) is 0 Å². The molecule has 0 radical (unpaired) electrons. The van der Waals surface area contributed by atoms with Gasteiger partial charge in [0.25, 0.3) is 5.91 Å². The predicted octanol–water partition coefficient (Wildman–Crippen LogP) is 5.28. The average molecular weight is 741 g/mol. The van der Waals surface area contributed by atoms with Crippen molar-refractivity contribution in [2.45, 2.75) is 71.4 Å². The Balaban J connectivity index is 1.31. The number of nitrogens with one attached hydrogen (secondary N) is 4. The monoisotopic (exact) mass is 740 g/mol. The lowest BCUT2D eigenvalue weighted by atomic mass is 9.45. The Bertz CT molecular complexity index is 1830. The second kappa shape index (κ2) is 16.0. The first kappa shape index (κ1) is 39.1. The molecule has 290 valence electrons. The van der Waals surface area contributed by atoms with E-state index in [0.717, 1.165) is 28.8 Å². The average Bonchev–Trinajstić information content (AvgIpc) is 3.52. The number of hydrogen-bond donors (Lipinski definition) is 5. The quantitative estimate of drug-likeness (QED) is 0.169. The molecule has 3 aliphatic carbocycles. The van der Waals surface area contributed by atoms with Crippen LogP contribution in [0.3, 0.4) is 0 Å². The Morgan fingerprint density at radius 2 is 1.80 bits per heavy atom. The minimum Gasteiger partial charge on any atom is -0.496 e. The molecule has 2 bridgehead atoms. The third-order valence-corrected chi connectivity index (χ3v) is 12.2. The van der Waals surface area contributed by atoms with Crippen LogP contribution in [0.15, 0.2) is 66.7 Å². The fourth-order valence-electron chi connectivity index (χ4n) is 9.04. The van der Waals surface area contributed by atoms with Crippen LogP contribution in [0.4, 0.5) is 16.2 Å². The van der Waals surface area contributed by atoms with Crippen molar-refractivity contribution in [3.8, 4) is 16.9 Å². The van der Waals surface area contributed by atoms with Crippen molar-refractivity contribution in [2.24, 2.45) is 29.1 Å². The first-order valence-electron chi connectivity index (χ1n) is 19.0. The number of amides is 4.